The van der Waals surface area contributed by atoms with E-state index in [4.69, 9.17) is 18.9 Å². The Labute approximate surface area is 259 Å². The quantitative estimate of drug-likeness (QED) is 0.164. The van der Waals surface area contributed by atoms with Crippen molar-refractivity contribution in [3.05, 3.63) is 128 Å². The number of nitrogens with zero attached hydrogens (tertiary/aromatic N) is 1. The van der Waals surface area contributed by atoms with Gasteiger partial charge in [-0.1, -0.05) is 54.6 Å². The van der Waals surface area contributed by atoms with Crippen molar-refractivity contribution in [1.29, 1.82) is 0 Å². The van der Waals surface area contributed by atoms with Crippen LogP contribution in [0.15, 0.2) is 94.6 Å². The van der Waals surface area contributed by atoms with E-state index in [0.717, 1.165) is 16.7 Å². The van der Waals surface area contributed by atoms with Crippen LogP contribution in [0.1, 0.15) is 34.9 Å². The first-order valence-electron chi connectivity index (χ1n) is 14.0. The van der Waals surface area contributed by atoms with Crippen molar-refractivity contribution in [2.75, 3.05) is 25.5 Å². The first-order valence-corrected chi connectivity index (χ1v) is 16.5. The van der Waals surface area contributed by atoms with Gasteiger partial charge in [0.15, 0.2) is 0 Å². The van der Waals surface area contributed by atoms with Crippen LogP contribution in [0.4, 0.5) is 0 Å². The van der Waals surface area contributed by atoms with Crippen LogP contribution in [0.25, 0.3) is 0 Å². The molecule has 1 aliphatic rings. The zero-order chi connectivity index (χ0) is 31.3. The molecular weight excluding hydrogens is 603 g/mol. The van der Waals surface area contributed by atoms with E-state index in [-0.39, 0.29) is 11.9 Å². The number of thioether (sulfide) groups is 1. The normalized spacial score (nSPS) is 18.6. The summed E-state index contributed by atoms with van der Waals surface area (Å²) < 4.78 is 37.5. The second-order valence-corrected chi connectivity index (χ2v) is 12.8. The van der Waals surface area contributed by atoms with Gasteiger partial charge in [0, 0.05) is 23.9 Å². The Bertz CT molecular complexity index is 1650. The average Bonchev–Trinajstić information content (AvgIpc) is 3.43. The molecule has 2 N–H and O–H groups in total. The van der Waals surface area contributed by atoms with E-state index in [1.807, 2.05) is 78.9 Å². The average molecular weight is 638 g/mol. The number of ether oxygens (including phenoxy) is 4. The zero-order valence-corrected chi connectivity index (χ0v) is 26.3. The molecule has 44 heavy (non-hydrogen) atoms. The fourth-order valence-electron chi connectivity index (χ4n) is 5.45. The Morgan fingerprint density at radius 3 is 2.07 bits per heavy atom. The molecule has 5 rings (SSSR count). The summed E-state index contributed by atoms with van der Waals surface area (Å²) >= 11 is 1.28. The third kappa shape index (κ3) is 6.67. The molecule has 0 aliphatic carbocycles. The number of aromatic amines is 1. The highest BCUT2D eigenvalue weighted by atomic mass is 32.2. The predicted molar refractivity (Wildman–Crippen MR) is 169 cm³/mol. The molecule has 4 aromatic rings. The van der Waals surface area contributed by atoms with Crippen LogP contribution in [-0.2, 0) is 19.6 Å². The van der Waals surface area contributed by atoms with E-state index in [9.17, 15) is 19.0 Å². The van der Waals surface area contributed by atoms with Crippen molar-refractivity contribution >= 4 is 19.8 Å². The lowest BCUT2D eigenvalue weighted by Gasteiger charge is -2.39. The van der Waals surface area contributed by atoms with Crippen LogP contribution < -0.4 is 20.7 Å². The molecule has 1 aliphatic heterocycles. The number of methoxy groups -OCH3 is 2. The third-order valence-corrected chi connectivity index (χ3v) is 9.80. The molecule has 3 aromatic carbocycles. The minimum Gasteiger partial charge on any atom is -0.497 e. The summed E-state index contributed by atoms with van der Waals surface area (Å²) in [6.45, 7) is 1.62. The van der Waals surface area contributed by atoms with Crippen molar-refractivity contribution in [2.24, 2.45) is 0 Å². The largest absolute Gasteiger partial charge is 0.516 e. The lowest BCUT2D eigenvalue weighted by molar-refractivity contribution is -0.0779. The molecule has 0 saturated carbocycles. The molecule has 0 spiro atoms. The van der Waals surface area contributed by atoms with Crippen LogP contribution in [-0.4, -0.2) is 52.1 Å². The number of aromatic nitrogens is 2. The zero-order valence-electron chi connectivity index (χ0n) is 24.5. The number of aryl methyl sites for hydroxylation is 1. The van der Waals surface area contributed by atoms with Gasteiger partial charge < -0.3 is 18.9 Å². The monoisotopic (exact) mass is 637 g/mol. The maximum atomic E-state index is 12.9. The summed E-state index contributed by atoms with van der Waals surface area (Å²) in [5.74, 6) is 1.72. The molecule has 1 aromatic heterocycles. The first-order chi connectivity index (χ1) is 21.2. The van der Waals surface area contributed by atoms with Gasteiger partial charge in [-0.3, -0.25) is 14.3 Å². The number of nitrogens with one attached hydrogen (secondary N) is 1. The molecule has 0 bridgehead atoms. The fourth-order valence-corrected chi connectivity index (χ4v) is 7.02. The van der Waals surface area contributed by atoms with Crippen LogP contribution >= 0.6 is 19.8 Å². The maximum Gasteiger partial charge on any atom is 0.516 e. The van der Waals surface area contributed by atoms with Gasteiger partial charge in [-0.05, 0) is 52.4 Å². The molecule has 230 valence electrons. The topological polar surface area (TPSA) is 129 Å². The number of rotatable bonds is 12. The third-order valence-electron chi connectivity index (χ3n) is 7.62. The first kappa shape index (κ1) is 31.7. The Balaban J connectivity index is 1.65. The van der Waals surface area contributed by atoms with E-state index in [1.165, 1.54) is 22.5 Å². The summed E-state index contributed by atoms with van der Waals surface area (Å²) in [5, 5.41) is 0. The van der Waals surface area contributed by atoms with E-state index >= 15 is 0 Å². The van der Waals surface area contributed by atoms with Crippen LogP contribution in [0, 0.1) is 6.92 Å². The molecule has 10 nitrogen and oxygen atoms in total. The minimum atomic E-state index is -2.35. The molecule has 1 fully saturated rings. The Kier molecular flexibility index (Phi) is 10.0. The van der Waals surface area contributed by atoms with Gasteiger partial charge in [0.25, 0.3) is 5.56 Å². The van der Waals surface area contributed by atoms with Gasteiger partial charge in [0.05, 0.1) is 26.4 Å². The van der Waals surface area contributed by atoms with Crippen molar-refractivity contribution in [1.82, 2.24) is 9.55 Å². The highest BCUT2D eigenvalue weighted by Crippen LogP contribution is 2.46. The summed E-state index contributed by atoms with van der Waals surface area (Å²) in [6.07, 6.45) is -0.105. The van der Waals surface area contributed by atoms with Crippen molar-refractivity contribution < 1.29 is 28.4 Å². The van der Waals surface area contributed by atoms with Gasteiger partial charge in [0.2, 0.25) is 5.49 Å². The van der Waals surface area contributed by atoms with Crippen molar-refractivity contribution in [2.45, 2.75) is 37.4 Å². The number of H-pyrrole nitrogens is 1. The number of benzene rings is 3. The molecular formula is C32H34N2O8PS+. The molecule has 4 atom stereocenters. The molecule has 1 unspecified atom stereocenters. The van der Waals surface area contributed by atoms with E-state index in [1.54, 1.807) is 21.1 Å². The van der Waals surface area contributed by atoms with Gasteiger partial charge in [-0.2, -0.15) is 4.89 Å². The van der Waals surface area contributed by atoms with E-state index < -0.39 is 43.3 Å². The van der Waals surface area contributed by atoms with Gasteiger partial charge in [-0.25, -0.2) is 4.79 Å². The van der Waals surface area contributed by atoms with Gasteiger partial charge in [0.1, 0.15) is 23.3 Å². The highest BCUT2D eigenvalue weighted by molar-refractivity contribution is 8.03. The summed E-state index contributed by atoms with van der Waals surface area (Å²) in [4.78, 5) is 36.7. The Hall–Kier alpha value is -3.73. The Morgan fingerprint density at radius 2 is 1.52 bits per heavy atom. The smallest absolute Gasteiger partial charge is 0.497 e. The number of hydrogen-bond acceptors (Lipinski definition) is 8. The minimum absolute atomic E-state index is 0.0328. The lowest BCUT2D eigenvalue weighted by Crippen LogP contribution is -2.40. The molecule has 2 heterocycles. The molecule has 12 heteroatoms. The second kappa shape index (κ2) is 13.9. The predicted octanol–water partition coefficient (Wildman–Crippen LogP) is 4.95. The van der Waals surface area contributed by atoms with Crippen LogP contribution in [0.5, 0.6) is 11.5 Å². The van der Waals surface area contributed by atoms with Crippen LogP contribution in [0.3, 0.4) is 0 Å². The molecule has 0 radical (unpaired) electrons. The Morgan fingerprint density at radius 1 is 0.955 bits per heavy atom. The maximum absolute atomic E-state index is 12.9. The van der Waals surface area contributed by atoms with Crippen molar-refractivity contribution in [3.63, 3.8) is 0 Å². The summed E-state index contributed by atoms with van der Waals surface area (Å²) in [7, 11) is 0.869. The SMILES string of the molecule is COc1ccc(C(O[C@H]2C[C@H](n3cc(C)c(=O)[nH]c3=O)O[C@@H]2CSC[P+](=O)O)(c2ccccc2)c2ccc(OC)cc2)cc1. The number of hydrogen-bond donors (Lipinski definition) is 2. The van der Waals surface area contributed by atoms with Crippen molar-refractivity contribution in [3.8, 4) is 11.5 Å². The van der Waals surface area contributed by atoms with Gasteiger partial charge >= 0.3 is 13.7 Å². The van der Waals surface area contributed by atoms with Crippen LogP contribution in [0.2, 0.25) is 0 Å². The lowest BCUT2D eigenvalue weighted by atomic mass is 9.79. The standard InChI is InChI=1S/C32H33N2O8PS/c1-21-18-34(31(36)33-30(21)35)29-17-27(28(41-29)19-44-20-43(37)38)42-32(22-7-5-4-6-8-22,23-9-13-25(39-2)14-10-23)24-11-15-26(40-3)16-12-24/h4-16,18,27-29H,17,19-20H2,1-3H3,(H-,33,35,36,37,38)/p+1/t27-,28+,29+/m0/s1. The highest BCUT2D eigenvalue weighted by Gasteiger charge is 2.46. The summed E-state index contributed by atoms with van der Waals surface area (Å²) in [6, 6.07) is 25.2. The second-order valence-electron chi connectivity index (χ2n) is 10.4. The molecule has 1 saturated heterocycles. The molecule has 0 amide bonds. The summed E-state index contributed by atoms with van der Waals surface area (Å²) in [5.41, 5.74) is 0.746. The van der Waals surface area contributed by atoms with E-state index in [2.05, 4.69) is 4.98 Å². The fraction of sp³-hybridized carbons (Fsp3) is 0.312. The van der Waals surface area contributed by atoms with Gasteiger partial charge in [-0.15, -0.1) is 11.8 Å². The van der Waals surface area contributed by atoms with E-state index in [0.29, 0.717) is 22.8 Å².